The van der Waals surface area contributed by atoms with E-state index in [1.54, 1.807) is 6.07 Å². The van der Waals surface area contributed by atoms with Gasteiger partial charge in [-0.15, -0.1) is 0 Å². The van der Waals surface area contributed by atoms with Gasteiger partial charge in [-0.3, -0.25) is 0 Å². The van der Waals surface area contributed by atoms with Crippen LogP contribution in [0.5, 0.6) is 0 Å². The van der Waals surface area contributed by atoms with Crippen LogP contribution < -0.4 is 0 Å². The largest absolute Gasteiger partial charge is 0.384 e. The first-order valence-electron chi connectivity index (χ1n) is 7.73. The minimum Gasteiger partial charge on any atom is -0.384 e. The molecule has 0 heterocycles. The molecule has 21 heavy (non-hydrogen) atoms. The van der Waals surface area contributed by atoms with Crippen molar-refractivity contribution in [1.82, 2.24) is 0 Å². The van der Waals surface area contributed by atoms with Gasteiger partial charge in [0.2, 0.25) is 0 Å². The van der Waals surface area contributed by atoms with Gasteiger partial charge in [-0.1, -0.05) is 56.9 Å². The molecule has 0 aliphatic carbocycles. The van der Waals surface area contributed by atoms with Crippen molar-refractivity contribution in [3.05, 3.63) is 35.1 Å². The number of hydrogen-bond acceptors (Lipinski definition) is 2. The van der Waals surface area contributed by atoms with Crippen LogP contribution in [-0.2, 0) is 11.3 Å². The molecule has 0 aromatic heterocycles. The van der Waals surface area contributed by atoms with Crippen LogP contribution in [0.2, 0.25) is 0 Å². The highest BCUT2D eigenvalue weighted by atomic mass is 19.1. The van der Waals surface area contributed by atoms with E-state index in [1.807, 2.05) is 0 Å². The smallest absolute Gasteiger partial charge is 0.124 e. The second-order valence-corrected chi connectivity index (χ2v) is 5.08. The van der Waals surface area contributed by atoms with Crippen molar-refractivity contribution in [3.63, 3.8) is 0 Å². The summed E-state index contributed by atoms with van der Waals surface area (Å²) in [5.74, 6) is 4.98. The van der Waals surface area contributed by atoms with Gasteiger partial charge in [0.25, 0.3) is 0 Å². The predicted octanol–water partition coefficient (Wildman–Crippen LogP) is 4.05. The number of rotatable bonds is 9. The number of aliphatic hydroxyl groups is 1. The van der Waals surface area contributed by atoms with Crippen molar-refractivity contribution < 1.29 is 14.2 Å². The molecule has 1 aromatic rings. The van der Waals surface area contributed by atoms with Crippen molar-refractivity contribution in [3.8, 4) is 11.8 Å². The molecule has 0 amide bonds. The molecule has 0 saturated heterocycles. The maximum absolute atomic E-state index is 13.2. The fraction of sp³-hybridized carbons (Fsp3) is 0.556. The fourth-order valence-electron chi connectivity index (χ4n) is 2.09. The summed E-state index contributed by atoms with van der Waals surface area (Å²) in [6.07, 6.45) is 7.39. The highest BCUT2D eigenvalue weighted by Gasteiger charge is 2.02. The van der Waals surface area contributed by atoms with Gasteiger partial charge in [-0.05, 0) is 24.1 Å². The van der Waals surface area contributed by atoms with E-state index in [0.717, 1.165) is 18.6 Å². The van der Waals surface area contributed by atoms with Crippen LogP contribution in [0.25, 0.3) is 0 Å². The number of hydrogen-bond donors (Lipinski definition) is 1. The summed E-state index contributed by atoms with van der Waals surface area (Å²) in [5, 5.41) is 8.72. The van der Waals surface area contributed by atoms with Gasteiger partial charge in [0.1, 0.15) is 12.4 Å². The summed E-state index contributed by atoms with van der Waals surface area (Å²) < 4.78 is 18.8. The Hall–Kier alpha value is -1.37. The molecular weight excluding hydrogens is 267 g/mol. The monoisotopic (exact) mass is 292 g/mol. The third kappa shape index (κ3) is 7.84. The van der Waals surface area contributed by atoms with Gasteiger partial charge in [-0.25, -0.2) is 4.39 Å². The molecule has 1 rings (SSSR count). The zero-order chi connectivity index (χ0) is 15.3. The molecule has 0 atom stereocenters. The van der Waals surface area contributed by atoms with Gasteiger partial charge < -0.3 is 9.84 Å². The van der Waals surface area contributed by atoms with E-state index < -0.39 is 0 Å². The van der Waals surface area contributed by atoms with Crippen molar-refractivity contribution in [1.29, 1.82) is 0 Å². The molecule has 2 nitrogen and oxygen atoms in total. The molecule has 0 unspecified atom stereocenters. The molecule has 0 bridgehead atoms. The number of ether oxygens (including phenoxy) is 1. The minimum absolute atomic E-state index is 0.228. The third-order valence-electron chi connectivity index (χ3n) is 3.27. The van der Waals surface area contributed by atoms with Crippen LogP contribution in [0.1, 0.15) is 56.6 Å². The minimum atomic E-state index is -0.322. The van der Waals surface area contributed by atoms with Gasteiger partial charge >= 0.3 is 0 Å². The standard InChI is InChI=1S/C18H25FO2/c1-2-3-4-5-6-7-13-21-15-17-10-11-18(19)14-16(17)9-8-12-20/h10-11,14,20H,2-7,12-13,15H2,1H3. The quantitative estimate of drug-likeness (QED) is 0.549. The number of aliphatic hydroxyl groups excluding tert-OH is 1. The fourth-order valence-corrected chi connectivity index (χ4v) is 2.09. The summed E-state index contributed by atoms with van der Waals surface area (Å²) in [4.78, 5) is 0. The molecule has 0 spiro atoms. The van der Waals surface area contributed by atoms with E-state index in [1.165, 1.54) is 44.2 Å². The molecule has 116 valence electrons. The Kier molecular flexibility index (Phi) is 9.52. The average molecular weight is 292 g/mol. The van der Waals surface area contributed by atoms with Crippen LogP contribution in [0, 0.1) is 17.7 Å². The van der Waals surface area contributed by atoms with Gasteiger partial charge in [0.05, 0.1) is 6.61 Å². The Morgan fingerprint density at radius 3 is 2.67 bits per heavy atom. The number of halogens is 1. The molecule has 1 N–H and O–H groups in total. The van der Waals surface area contributed by atoms with Crippen molar-refractivity contribution >= 4 is 0 Å². The summed E-state index contributed by atoms with van der Waals surface area (Å²) in [7, 11) is 0. The predicted molar refractivity (Wildman–Crippen MR) is 83.4 cm³/mol. The molecule has 0 aliphatic rings. The molecule has 1 aromatic carbocycles. The van der Waals surface area contributed by atoms with Gasteiger partial charge in [0.15, 0.2) is 0 Å². The van der Waals surface area contributed by atoms with Gasteiger partial charge in [0, 0.05) is 12.2 Å². The van der Waals surface area contributed by atoms with Crippen LogP contribution in [0.4, 0.5) is 4.39 Å². The Balaban J connectivity index is 2.31. The number of benzene rings is 1. The highest BCUT2D eigenvalue weighted by Crippen LogP contribution is 2.12. The van der Waals surface area contributed by atoms with Crippen LogP contribution in [0.15, 0.2) is 18.2 Å². The summed E-state index contributed by atoms with van der Waals surface area (Å²) in [5.41, 5.74) is 1.45. The van der Waals surface area contributed by atoms with Crippen LogP contribution in [-0.4, -0.2) is 18.3 Å². The van der Waals surface area contributed by atoms with Crippen LogP contribution >= 0.6 is 0 Å². The first-order chi connectivity index (χ1) is 10.3. The topological polar surface area (TPSA) is 29.5 Å². The molecule has 0 saturated carbocycles. The Morgan fingerprint density at radius 1 is 1.14 bits per heavy atom. The second kappa shape index (κ2) is 11.3. The molecule has 0 fully saturated rings. The SMILES string of the molecule is CCCCCCCCOCc1ccc(F)cc1C#CCO. The second-order valence-electron chi connectivity index (χ2n) is 5.08. The lowest BCUT2D eigenvalue weighted by Crippen LogP contribution is -1.99. The zero-order valence-corrected chi connectivity index (χ0v) is 12.8. The van der Waals surface area contributed by atoms with Crippen molar-refractivity contribution in [2.45, 2.75) is 52.1 Å². The normalized spacial score (nSPS) is 10.2. The van der Waals surface area contributed by atoms with Crippen molar-refractivity contribution in [2.75, 3.05) is 13.2 Å². The first-order valence-corrected chi connectivity index (χ1v) is 7.73. The summed E-state index contributed by atoms with van der Waals surface area (Å²) in [6, 6.07) is 4.48. The van der Waals surface area contributed by atoms with E-state index >= 15 is 0 Å². The Bertz CT molecular complexity index is 460. The van der Waals surface area contributed by atoms with E-state index in [-0.39, 0.29) is 12.4 Å². The lowest BCUT2D eigenvalue weighted by Gasteiger charge is -2.07. The highest BCUT2D eigenvalue weighted by molar-refractivity contribution is 5.41. The molecule has 3 heteroatoms. The number of unbranched alkanes of at least 4 members (excludes halogenated alkanes) is 5. The average Bonchev–Trinajstić information content (AvgIpc) is 2.49. The maximum atomic E-state index is 13.2. The molecule has 0 radical (unpaired) electrons. The zero-order valence-electron chi connectivity index (χ0n) is 12.8. The van der Waals surface area contributed by atoms with E-state index in [9.17, 15) is 4.39 Å². The van der Waals surface area contributed by atoms with E-state index in [4.69, 9.17) is 9.84 Å². The third-order valence-corrected chi connectivity index (χ3v) is 3.27. The van der Waals surface area contributed by atoms with E-state index in [0.29, 0.717) is 12.2 Å². The lowest BCUT2D eigenvalue weighted by molar-refractivity contribution is 0.116. The maximum Gasteiger partial charge on any atom is 0.124 e. The molecule has 0 aliphatic heterocycles. The lowest BCUT2D eigenvalue weighted by atomic mass is 10.1. The van der Waals surface area contributed by atoms with Gasteiger partial charge in [-0.2, -0.15) is 0 Å². The van der Waals surface area contributed by atoms with Crippen LogP contribution in [0.3, 0.4) is 0 Å². The summed E-state index contributed by atoms with van der Waals surface area (Å²) in [6.45, 7) is 3.14. The van der Waals surface area contributed by atoms with Crippen molar-refractivity contribution in [2.24, 2.45) is 0 Å². The summed E-state index contributed by atoms with van der Waals surface area (Å²) >= 11 is 0. The first kappa shape index (κ1) is 17.7. The molecular formula is C18H25FO2. The Labute approximate surface area is 127 Å². The Morgan fingerprint density at radius 2 is 1.90 bits per heavy atom. The van der Waals surface area contributed by atoms with E-state index in [2.05, 4.69) is 18.8 Å².